The minimum atomic E-state index is 0.125. The van der Waals surface area contributed by atoms with Gasteiger partial charge in [0.15, 0.2) is 0 Å². The number of benzene rings is 2. The van der Waals surface area contributed by atoms with Crippen molar-refractivity contribution in [3.05, 3.63) is 70.7 Å². The Labute approximate surface area is 194 Å². The molecule has 4 aromatic rings. The van der Waals surface area contributed by atoms with Crippen LogP contribution in [0.2, 0.25) is 0 Å². The molecule has 32 heavy (non-hydrogen) atoms. The van der Waals surface area contributed by atoms with Gasteiger partial charge in [-0.25, -0.2) is 0 Å². The lowest BCUT2D eigenvalue weighted by molar-refractivity contribution is 0.0831. The van der Waals surface area contributed by atoms with Crippen molar-refractivity contribution in [2.24, 2.45) is 0 Å². The highest BCUT2D eigenvalue weighted by Crippen LogP contribution is 2.41. The molecule has 0 bridgehead atoms. The number of likely N-dealkylation sites (tertiary alicyclic amines) is 1. The van der Waals surface area contributed by atoms with E-state index in [0.717, 1.165) is 30.9 Å². The Balaban J connectivity index is 1.45. The summed E-state index contributed by atoms with van der Waals surface area (Å²) in [5.41, 5.74) is 3.97. The Morgan fingerprint density at radius 2 is 1.81 bits per heavy atom. The first-order chi connectivity index (χ1) is 15.4. The molecule has 5 rings (SSSR count). The molecule has 0 spiro atoms. The van der Waals surface area contributed by atoms with Gasteiger partial charge in [-0.3, -0.25) is 9.69 Å². The quantitative estimate of drug-likeness (QED) is 0.370. The minimum Gasteiger partial charge on any atom is -0.345 e. The summed E-state index contributed by atoms with van der Waals surface area (Å²) in [5, 5.41) is 2.61. The van der Waals surface area contributed by atoms with Gasteiger partial charge in [-0.2, -0.15) is 0 Å². The summed E-state index contributed by atoms with van der Waals surface area (Å²) in [4.78, 5) is 18.2. The van der Waals surface area contributed by atoms with Crippen LogP contribution >= 0.6 is 11.3 Å². The molecule has 1 aliphatic heterocycles. The van der Waals surface area contributed by atoms with Crippen LogP contribution in [-0.2, 0) is 6.54 Å². The molecule has 2 aromatic heterocycles. The van der Waals surface area contributed by atoms with E-state index in [4.69, 9.17) is 0 Å². The topological polar surface area (TPSA) is 28.5 Å². The average molecular weight is 446 g/mol. The molecule has 1 aliphatic rings. The van der Waals surface area contributed by atoms with Crippen molar-refractivity contribution >= 4 is 38.2 Å². The van der Waals surface area contributed by atoms with Crippen molar-refractivity contribution in [1.82, 2.24) is 14.4 Å². The Bertz CT molecular complexity index is 1280. The Morgan fingerprint density at radius 3 is 2.56 bits per heavy atom. The molecule has 2 aromatic carbocycles. The van der Waals surface area contributed by atoms with Crippen molar-refractivity contribution in [3.8, 4) is 0 Å². The van der Waals surface area contributed by atoms with Gasteiger partial charge in [-0.05, 0) is 55.5 Å². The number of thiophene rings is 1. The number of amides is 1. The summed E-state index contributed by atoms with van der Waals surface area (Å²) in [6, 6.07) is 17.7. The molecule has 1 fully saturated rings. The maximum Gasteiger partial charge on any atom is 0.263 e. The fourth-order valence-electron chi connectivity index (χ4n) is 5.12. The third-order valence-electron chi connectivity index (χ3n) is 6.69. The molecule has 1 atom stereocenters. The van der Waals surface area contributed by atoms with Gasteiger partial charge < -0.3 is 9.47 Å². The van der Waals surface area contributed by atoms with E-state index in [0.29, 0.717) is 12.0 Å². The lowest BCUT2D eigenvalue weighted by Crippen LogP contribution is -2.23. The Kier molecular flexibility index (Phi) is 5.56. The number of aromatic nitrogens is 1. The Hall–Kier alpha value is -2.63. The van der Waals surface area contributed by atoms with Gasteiger partial charge >= 0.3 is 0 Å². The maximum absolute atomic E-state index is 13.0. The molecule has 1 amide bonds. The average Bonchev–Trinajstić information content (AvgIpc) is 3.48. The first-order valence-electron chi connectivity index (χ1n) is 11.5. The molecule has 166 valence electrons. The fourth-order valence-corrected chi connectivity index (χ4v) is 6.43. The van der Waals surface area contributed by atoms with Crippen LogP contribution in [0.1, 0.15) is 53.0 Å². The largest absolute Gasteiger partial charge is 0.345 e. The molecule has 3 heterocycles. The van der Waals surface area contributed by atoms with Crippen LogP contribution in [0.5, 0.6) is 0 Å². The highest BCUT2D eigenvalue weighted by Gasteiger charge is 2.31. The second kappa shape index (κ2) is 8.38. The minimum absolute atomic E-state index is 0.125. The Morgan fingerprint density at radius 1 is 1.09 bits per heavy atom. The second-order valence-electron chi connectivity index (χ2n) is 9.43. The number of hydrogen-bond acceptors (Lipinski definition) is 3. The molecule has 0 aliphatic carbocycles. The summed E-state index contributed by atoms with van der Waals surface area (Å²) in [6.07, 6.45) is 3.43. The molecule has 0 radical (unpaired) electrons. The van der Waals surface area contributed by atoms with Gasteiger partial charge in [-0.1, -0.05) is 36.4 Å². The maximum atomic E-state index is 13.0. The molecule has 0 N–H and O–H groups in total. The van der Waals surface area contributed by atoms with E-state index >= 15 is 0 Å². The number of carbonyl (C=O) groups is 1. The summed E-state index contributed by atoms with van der Waals surface area (Å²) in [7, 11) is 3.70. The predicted octanol–water partition coefficient (Wildman–Crippen LogP) is 6.13. The highest BCUT2D eigenvalue weighted by molar-refractivity contribution is 7.21. The van der Waals surface area contributed by atoms with E-state index in [2.05, 4.69) is 78.0 Å². The van der Waals surface area contributed by atoms with Gasteiger partial charge in [0.25, 0.3) is 5.91 Å². The van der Waals surface area contributed by atoms with Crippen LogP contribution in [0.15, 0.2) is 54.7 Å². The van der Waals surface area contributed by atoms with Gasteiger partial charge in [-0.15, -0.1) is 11.3 Å². The van der Waals surface area contributed by atoms with Gasteiger partial charge in [0.2, 0.25) is 0 Å². The SMILES string of the molecule is CC(C)n1cc(CN2CCC(c3c(C(=O)N(C)C)sc4ccccc34)C2)c2ccccc21. The molecule has 0 saturated carbocycles. The zero-order valence-electron chi connectivity index (χ0n) is 19.3. The van der Waals surface area contributed by atoms with E-state index in [1.807, 2.05) is 14.1 Å². The standard InChI is InChI=1S/C27H31N3OS/c1-18(2)30-17-20(21-9-5-7-11-23(21)30)16-29-14-13-19(15-29)25-22-10-6-8-12-24(22)32-26(25)27(31)28(3)4/h5-12,17-19H,13-16H2,1-4H3. The zero-order chi connectivity index (χ0) is 22.4. The van der Waals surface area contributed by atoms with Crippen LogP contribution in [0, 0.1) is 0 Å². The number of hydrogen-bond donors (Lipinski definition) is 0. The van der Waals surface area contributed by atoms with E-state index in [-0.39, 0.29) is 5.91 Å². The number of carbonyl (C=O) groups excluding carboxylic acids is 1. The van der Waals surface area contributed by atoms with Crippen LogP contribution in [0.25, 0.3) is 21.0 Å². The number of rotatable bonds is 5. The van der Waals surface area contributed by atoms with Gasteiger partial charge in [0, 0.05) is 60.9 Å². The molecular formula is C27H31N3OS. The number of para-hydroxylation sites is 1. The predicted molar refractivity (Wildman–Crippen MR) is 135 cm³/mol. The van der Waals surface area contributed by atoms with Crippen molar-refractivity contribution in [2.45, 2.75) is 38.8 Å². The van der Waals surface area contributed by atoms with Crippen LogP contribution in [0.4, 0.5) is 0 Å². The highest BCUT2D eigenvalue weighted by atomic mass is 32.1. The molecule has 1 saturated heterocycles. The summed E-state index contributed by atoms with van der Waals surface area (Å²) in [5.74, 6) is 0.517. The number of nitrogens with zero attached hydrogens (tertiary/aromatic N) is 3. The summed E-state index contributed by atoms with van der Waals surface area (Å²) < 4.78 is 3.60. The normalized spacial score (nSPS) is 17.1. The monoisotopic (exact) mass is 445 g/mol. The van der Waals surface area contributed by atoms with Crippen LogP contribution in [0.3, 0.4) is 0 Å². The van der Waals surface area contributed by atoms with Crippen LogP contribution in [-0.4, -0.2) is 47.5 Å². The van der Waals surface area contributed by atoms with Crippen molar-refractivity contribution in [3.63, 3.8) is 0 Å². The number of fused-ring (bicyclic) bond motifs is 2. The second-order valence-corrected chi connectivity index (χ2v) is 10.5. The molecule has 5 heteroatoms. The van der Waals surface area contributed by atoms with E-state index in [9.17, 15) is 4.79 Å². The molecule has 1 unspecified atom stereocenters. The van der Waals surface area contributed by atoms with Crippen molar-refractivity contribution < 1.29 is 4.79 Å². The third-order valence-corrected chi connectivity index (χ3v) is 7.86. The van der Waals surface area contributed by atoms with E-state index < -0.39 is 0 Å². The van der Waals surface area contributed by atoms with Crippen molar-refractivity contribution in [2.75, 3.05) is 27.2 Å². The van der Waals surface area contributed by atoms with Crippen molar-refractivity contribution in [1.29, 1.82) is 0 Å². The summed E-state index contributed by atoms with van der Waals surface area (Å²) >= 11 is 1.65. The van der Waals surface area contributed by atoms with Crippen LogP contribution < -0.4 is 0 Å². The van der Waals surface area contributed by atoms with E-state index in [1.165, 1.54) is 32.1 Å². The zero-order valence-corrected chi connectivity index (χ0v) is 20.2. The van der Waals surface area contributed by atoms with Gasteiger partial charge in [0.1, 0.15) is 0 Å². The molecule has 4 nitrogen and oxygen atoms in total. The first-order valence-corrected chi connectivity index (χ1v) is 12.3. The lowest BCUT2D eigenvalue weighted by Gasteiger charge is -2.17. The first kappa shape index (κ1) is 21.2. The lowest BCUT2D eigenvalue weighted by atomic mass is 9.95. The van der Waals surface area contributed by atoms with Gasteiger partial charge in [0.05, 0.1) is 4.88 Å². The van der Waals surface area contributed by atoms with E-state index in [1.54, 1.807) is 16.2 Å². The molecular weight excluding hydrogens is 414 g/mol. The summed E-state index contributed by atoms with van der Waals surface area (Å²) in [6.45, 7) is 7.50. The fraction of sp³-hybridized carbons (Fsp3) is 0.370. The third kappa shape index (κ3) is 3.63. The smallest absolute Gasteiger partial charge is 0.263 e.